The molecule has 2 N–H and O–H groups in total. The minimum Gasteiger partial charge on any atom is -0.315 e. The van der Waals surface area contributed by atoms with E-state index in [0.29, 0.717) is 11.8 Å². The molecule has 0 saturated heterocycles. The van der Waals surface area contributed by atoms with Crippen LogP contribution in [-0.4, -0.2) is 13.4 Å². The standard InChI is InChI=1S/C10H7BrF2N2O3S2/c11-7-1-5(12)2-8(13)9(7)20(17,18)14-3-6-4-19-10(16)15-6/h1-2,4,14H,3H2,(H,15,16). The summed E-state index contributed by atoms with van der Waals surface area (Å²) in [7, 11) is -4.18. The van der Waals surface area contributed by atoms with Gasteiger partial charge in [0.25, 0.3) is 0 Å². The van der Waals surface area contributed by atoms with E-state index in [1.165, 1.54) is 5.38 Å². The molecule has 108 valence electrons. The minimum atomic E-state index is -4.18. The second-order valence-electron chi connectivity index (χ2n) is 3.70. The highest BCUT2D eigenvalue weighted by atomic mass is 79.9. The number of halogens is 3. The predicted molar refractivity (Wildman–Crippen MR) is 73.0 cm³/mol. The van der Waals surface area contributed by atoms with Crippen molar-refractivity contribution in [1.82, 2.24) is 9.71 Å². The number of hydrogen-bond donors (Lipinski definition) is 2. The number of aromatic nitrogens is 1. The molecule has 1 aromatic heterocycles. The van der Waals surface area contributed by atoms with Crippen LogP contribution in [0.5, 0.6) is 0 Å². The van der Waals surface area contributed by atoms with Gasteiger partial charge in [-0.2, -0.15) is 0 Å². The largest absolute Gasteiger partial charge is 0.315 e. The molecule has 5 nitrogen and oxygen atoms in total. The van der Waals surface area contributed by atoms with Crippen molar-refractivity contribution >= 4 is 37.3 Å². The molecular formula is C10H7BrF2N2O3S2. The third-order valence-corrected chi connectivity index (χ3v) is 5.34. The van der Waals surface area contributed by atoms with Crippen LogP contribution >= 0.6 is 27.3 Å². The van der Waals surface area contributed by atoms with E-state index in [2.05, 4.69) is 25.6 Å². The Morgan fingerprint density at radius 1 is 1.35 bits per heavy atom. The van der Waals surface area contributed by atoms with E-state index >= 15 is 0 Å². The first-order valence-electron chi connectivity index (χ1n) is 5.10. The predicted octanol–water partition coefficient (Wildman–Crippen LogP) is 1.96. The van der Waals surface area contributed by atoms with Gasteiger partial charge in [-0.05, 0) is 22.0 Å². The first kappa shape index (κ1) is 15.3. The zero-order valence-electron chi connectivity index (χ0n) is 9.61. The Labute approximate surface area is 124 Å². The molecule has 10 heteroatoms. The van der Waals surface area contributed by atoms with Gasteiger partial charge >= 0.3 is 4.87 Å². The first-order valence-corrected chi connectivity index (χ1v) is 8.26. The third-order valence-electron chi connectivity index (χ3n) is 2.26. The summed E-state index contributed by atoms with van der Waals surface area (Å²) in [5, 5.41) is 1.45. The van der Waals surface area contributed by atoms with E-state index in [0.717, 1.165) is 17.4 Å². The molecule has 0 amide bonds. The number of benzene rings is 1. The summed E-state index contributed by atoms with van der Waals surface area (Å²) in [6, 6.07) is 1.33. The number of H-pyrrole nitrogens is 1. The molecule has 1 aromatic carbocycles. The second kappa shape index (κ2) is 5.72. The highest BCUT2D eigenvalue weighted by molar-refractivity contribution is 9.10. The number of rotatable bonds is 4. The number of aromatic amines is 1. The molecule has 20 heavy (non-hydrogen) atoms. The molecule has 0 bridgehead atoms. The molecule has 0 aliphatic rings. The fraction of sp³-hybridized carbons (Fsp3) is 0.100. The van der Waals surface area contributed by atoms with Crippen molar-refractivity contribution in [3.05, 3.63) is 49.0 Å². The molecule has 0 aliphatic heterocycles. The van der Waals surface area contributed by atoms with Crippen LogP contribution in [-0.2, 0) is 16.6 Å². The van der Waals surface area contributed by atoms with Crippen molar-refractivity contribution < 1.29 is 17.2 Å². The zero-order chi connectivity index (χ0) is 14.9. The van der Waals surface area contributed by atoms with E-state index in [1.54, 1.807) is 0 Å². The van der Waals surface area contributed by atoms with E-state index < -0.39 is 26.6 Å². The van der Waals surface area contributed by atoms with Crippen molar-refractivity contribution in [2.24, 2.45) is 0 Å². The highest BCUT2D eigenvalue weighted by Crippen LogP contribution is 2.26. The van der Waals surface area contributed by atoms with Gasteiger partial charge in [0.1, 0.15) is 16.5 Å². The zero-order valence-corrected chi connectivity index (χ0v) is 12.8. The maximum absolute atomic E-state index is 13.6. The quantitative estimate of drug-likeness (QED) is 0.845. The highest BCUT2D eigenvalue weighted by Gasteiger charge is 2.23. The summed E-state index contributed by atoms with van der Waals surface area (Å²) in [6.45, 7) is -0.204. The summed E-state index contributed by atoms with van der Waals surface area (Å²) < 4.78 is 52.4. The maximum atomic E-state index is 13.6. The lowest BCUT2D eigenvalue weighted by Gasteiger charge is -2.09. The van der Waals surface area contributed by atoms with E-state index in [1.807, 2.05) is 0 Å². The van der Waals surface area contributed by atoms with Crippen molar-refractivity contribution in [2.45, 2.75) is 11.4 Å². The van der Waals surface area contributed by atoms with Crippen LogP contribution in [0.2, 0.25) is 0 Å². The van der Waals surface area contributed by atoms with Crippen LogP contribution in [0.1, 0.15) is 5.69 Å². The molecule has 2 aromatic rings. The summed E-state index contributed by atoms with van der Waals surface area (Å²) >= 11 is 3.69. The van der Waals surface area contributed by atoms with E-state index in [-0.39, 0.29) is 15.9 Å². The smallest absolute Gasteiger partial charge is 0.304 e. The molecule has 0 aliphatic carbocycles. The average molecular weight is 385 g/mol. The van der Waals surface area contributed by atoms with Crippen LogP contribution in [0.4, 0.5) is 8.78 Å². The first-order chi connectivity index (χ1) is 9.29. The van der Waals surface area contributed by atoms with Crippen LogP contribution in [0, 0.1) is 11.6 Å². The topological polar surface area (TPSA) is 79.0 Å². The molecule has 2 rings (SSSR count). The number of hydrogen-bond acceptors (Lipinski definition) is 4. The minimum absolute atomic E-state index is 0.204. The van der Waals surface area contributed by atoms with Gasteiger partial charge in [-0.3, -0.25) is 4.79 Å². The fourth-order valence-electron chi connectivity index (χ4n) is 1.43. The molecule has 0 spiro atoms. The average Bonchev–Trinajstić information content (AvgIpc) is 2.71. The van der Waals surface area contributed by atoms with Crippen molar-refractivity contribution in [1.29, 1.82) is 0 Å². The van der Waals surface area contributed by atoms with Crippen molar-refractivity contribution in [3.8, 4) is 0 Å². The van der Waals surface area contributed by atoms with Gasteiger partial charge in [-0.15, -0.1) is 0 Å². The second-order valence-corrected chi connectivity index (χ2v) is 7.10. The van der Waals surface area contributed by atoms with Crippen molar-refractivity contribution in [3.63, 3.8) is 0 Å². The van der Waals surface area contributed by atoms with Crippen molar-refractivity contribution in [2.75, 3.05) is 0 Å². The Kier molecular flexibility index (Phi) is 4.37. The van der Waals surface area contributed by atoms with Gasteiger partial charge in [0.15, 0.2) is 0 Å². The number of sulfonamides is 1. The molecule has 0 radical (unpaired) electrons. The van der Waals surface area contributed by atoms with Gasteiger partial charge in [0.05, 0.1) is 6.54 Å². The maximum Gasteiger partial charge on any atom is 0.304 e. The Morgan fingerprint density at radius 3 is 2.60 bits per heavy atom. The van der Waals surface area contributed by atoms with E-state index in [4.69, 9.17) is 0 Å². The summed E-state index contributed by atoms with van der Waals surface area (Å²) in [5.74, 6) is -2.10. The fourth-order valence-corrected chi connectivity index (χ4v) is 4.18. The van der Waals surface area contributed by atoms with Crippen LogP contribution in [0.25, 0.3) is 0 Å². The summed E-state index contributed by atoms with van der Waals surface area (Å²) in [6.07, 6.45) is 0. The van der Waals surface area contributed by atoms with Gasteiger partial charge in [0.2, 0.25) is 10.0 Å². The SMILES string of the molecule is O=c1[nH]c(CNS(=O)(=O)c2c(F)cc(F)cc2Br)cs1. The number of thiazole rings is 1. The molecule has 0 atom stereocenters. The van der Waals surface area contributed by atoms with Gasteiger partial charge in [-0.25, -0.2) is 21.9 Å². The molecule has 1 heterocycles. The molecule has 0 saturated carbocycles. The summed E-state index contributed by atoms with van der Waals surface area (Å²) in [4.78, 5) is 12.3. The third kappa shape index (κ3) is 3.32. The molecule has 0 fully saturated rings. The molecule has 0 unspecified atom stereocenters. The van der Waals surface area contributed by atoms with Crippen LogP contribution in [0.15, 0.2) is 31.7 Å². The summed E-state index contributed by atoms with van der Waals surface area (Å²) in [5.41, 5.74) is 0.349. The lowest BCUT2D eigenvalue weighted by atomic mass is 10.3. The van der Waals surface area contributed by atoms with Crippen LogP contribution < -0.4 is 9.60 Å². The Bertz CT molecular complexity index is 778. The van der Waals surface area contributed by atoms with Gasteiger partial charge in [-0.1, -0.05) is 11.3 Å². The van der Waals surface area contributed by atoms with E-state index in [9.17, 15) is 22.0 Å². The Morgan fingerprint density at radius 2 is 2.05 bits per heavy atom. The normalized spacial score (nSPS) is 11.8. The Hall–Kier alpha value is -1.10. The molecular weight excluding hydrogens is 378 g/mol. The Balaban J connectivity index is 2.29. The van der Waals surface area contributed by atoms with Crippen LogP contribution in [0.3, 0.4) is 0 Å². The lowest BCUT2D eigenvalue weighted by molar-refractivity contribution is 0.540. The van der Waals surface area contributed by atoms with Gasteiger partial charge in [0, 0.05) is 21.6 Å². The van der Waals surface area contributed by atoms with Gasteiger partial charge < -0.3 is 4.98 Å². The monoisotopic (exact) mass is 384 g/mol. The lowest BCUT2D eigenvalue weighted by Crippen LogP contribution is -2.25. The number of nitrogens with one attached hydrogen (secondary N) is 2.